The van der Waals surface area contributed by atoms with Crippen molar-refractivity contribution >= 4 is 11.9 Å². The average molecular weight is 214 g/mol. The number of carbonyl (C=O) groups is 2. The smallest absolute Gasteiger partial charge is 0.320 e. The van der Waals surface area contributed by atoms with Gasteiger partial charge < -0.3 is 10.4 Å². The van der Waals surface area contributed by atoms with Crippen LogP contribution in [0.15, 0.2) is 0 Å². The lowest BCUT2D eigenvalue weighted by Crippen LogP contribution is -2.49. The topological polar surface area (TPSA) is 78.4 Å². The van der Waals surface area contributed by atoms with Gasteiger partial charge in [0.25, 0.3) is 0 Å². The number of rotatable bonds is 4. The van der Waals surface area contributed by atoms with Crippen LogP contribution in [0.5, 0.6) is 0 Å². The molecule has 0 bridgehead atoms. The van der Waals surface area contributed by atoms with Crippen molar-refractivity contribution < 1.29 is 14.7 Å². The van der Waals surface area contributed by atoms with Crippen LogP contribution in [-0.2, 0) is 9.59 Å². The lowest BCUT2D eigenvalue weighted by molar-refractivity contribution is -0.140. The maximum absolute atomic E-state index is 11.5. The van der Waals surface area contributed by atoms with Gasteiger partial charge in [-0.1, -0.05) is 6.92 Å². The Kier molecular flexibility index (Phi) is 4.55. The Morgan fingerprint density at radius 2 is 2.40 bits per heavy atom. The molecule has 1 fully saturated rings. The summed E-state index contributed by atoms with van der Waals surface area (Å²) in [4.78, 5) is 22.3. The molecular weight excluding hydrogens is 196 g/mol. The van der Waals surface area contributed by atoms with Crippen LogP contribution >= 0.6 is 0 Å². The molecule has 5 nitrogen and oxygen atoms in total. The Balaban J connectivity index is 2.53. The van der Waals surface area contributed by atoms with Crippen molar-refractivity contribution in [3.63, 3.8) is 0 Å². The van der Waals surface area contributed by atoms with Crippen molar-refractivity contribution in [2.45, 2.75) is 44.7 Å². The second-order valence-corrected chi connectivity index (χ2v) is 3.81. The van der Waals surface area contributed by atoms with Crippen LogP contribution in [0.3, 0.4) is 0 Å². The van der Waals surface area contributed by atoms with Crippen LogP contribution in [0.4, 0.5) is 0 Å². The maximum atomic E-state index is 11.5. The first-order valence-electron chi connectivity index (χ1n) is 5.41. The highest BCUT2D eigenvalue weighted by atomic mass is 16.4. The minimum absolute atomic E-state index is 0.0767. The first kappa shape index (κ1) is 12.0. The summed E-state index contributed by atoms with van der Waals surface area (Å²) in [5.41, 5.74) is 0. The van der Waals surface area contributed by atoms with Gasteiger partial charge in [-0.25, -0.2) is 0 Å². The van der Waals surface area contributed by atoms with Crippen molar-refractivity contribution in [2.75, 3.05) is 6.54 Å². The Labute approximate surface area is 89.2 Å². The van der Waals surface area contributed by atoms with E-state index in [4.69, 9.17) is 5.11 Å². The number of nitrogens with one attached hydrogen (secondary N) is 2. The van der Waals surface area contributed by atoms with Gasteiger partial charge in [0.2, 0.25) is 5.91 Å². The number of aliphatic carboxylic acids is 1. The van der Waals surface area contributed by atoms with Crippen LogP contribution in [0.2, 0.25) is 0 Å². The van der Waals surface area contributed by atoms with Crippen molar-refractivity contribution in [3.8, 4) is 0 Å². The predicted octanol–water partition coefficient (Wildman–Crippen LogP) is 0.108. The molecule has 0 aromatic carbocycles. The minimum atomic E-state index is -0.894. The van der Waals surface area contributed by atoms with Gasteiger partial charge in [-0.05, 0) is 25.7 Å². The lowest BCUT2D eigenvalue weighted by atomic mass is 10.1. The second-order valence-electron chi connectivity index (χ2n) is 3.81. The van der Waals surface area contributed by atoms with Gasteiger partial charge in [0.1, 0.15) is 6.04 Å². The van der Waals surface area contributed by atoms with E-state index in [-0.39, 0.29) is 11.9 Å². The van der Waals surface area contributed by atoms with Crippen molar-refractivity contribution in [1.29, 1.82) is 0 Å². The van der Waals surface area contributed by atoms with Gasteiger partial charge in [0.15, 0.2) is 0 Å². The highest BCUT2D eigenvalue weighted by Gasteiger charge is 2.25. The van der Waals surface area contributed by atoms with E-state index in [9.17, 15) is 9.59 Å². The zero-order chi connectivity index (χ0) is 11.3. The van der Waals surface area contributed by atoms with E-state index in [0.717, 1.165) is 19.3 Å². The van der Waals surface area contributed by atoms with Crippen LogP contribution < -0.4 is 10.6 Å². The Morgan fingerprint density at radius 3 is 3.00 bits per heavy atom. The normalized spacial score (nSPS) is 24.1. The lowest BCUT2D eigenvalue weighted by Gasteiger charge is -2.19. The predicted molar refractivity (Wildman–Crippen MR) is 55.5 cm³/mol. The highest BCUT2D eigenvalue weighted by molar-refractivity contribution is 5.83. The molecule has 0 aromatic heterocycles. The number of hydrogen-bond donors (Lipinski definition) is 3. The van der Waals surface area contributed by atoms with E-state index in [1.165, 1.54) is 0 Å². The summed E-state index contributed by atoms with van der Waals surface area (Å²) in [6.07, 6.45) is 3.12. The molecule has 5 heteroatoms. The molecule has 0 aliphatic carbocycles. The SMILES string of the molecule is CCC(NC1CCCCNC1=O)C(=O)O. The summed E-state index contributed by atoms with van der Waals surface area (Å²) in [5.74, 6) is -0.971. The molecule has 0 aromatic rings. The Morgan fingerprint density at radius 1 is 1.67 bits per heavy atom. The van der Waals surface area contributed by atoms with Crippen LogP contribution in [-0.4, -0.2) is 35.6 Å². The summed E-state index contributed by atoms with van der Waals surface area (Å²) in [6.45, 7) is 2.49. The monoisotopic (exact) mass is 214 g/mol. The van der Waals surface area contributed by atoms with E-state index >= 15 is 0 Å². The molecule has 0 saturated carbocycles. The summed E-state index contributed by atoms with van der Waals surface area (Å²) < 4.78 is 0. The molecule has 1 heterocycles. The largest absolute Gasteiger partial charge is 0.480 e. The molecule has 3 N–H and O–H groups in total. The van der Waals surface area contributed by atoms with Crippen LogP contribution in [0.25, 0.3) is 0 Å². The standard InChI is InChI=1S/C10H18N2O3/c1-2-7(10(14)15)12-8-5-3-4-6-11-9(8)13/h7-8,12H,2-6H2,1H3,(H,11,13)(H,14,15). The molecule has 0 radical (unpaired) electrons. The van der Waals surface area contributed by atoms with Crippen LogP contribution in [0.1, 0.15) is 32.6 Å². The minimum Gasteiger partial charge on any atom is -0.480 e. The van der Waals surface area contributed by atoms with Crippen LogP contribution in [0, 0.1) is 0 Å². The van der Waals surface area contributed by atoms with Gasteiger partial charge in [-0.15, -0.1) is 0 Å². The number of carboxylic acid groups (broad SMARTS) is 1. The van der Waals surface area contributed by atoms with Gasteiger partial charge in [0.05, 0.1) is 6.04 Å². The van der Waals surface area contributed by atoms with E-state index in [2.05, 4.69) is 10.6 Å². The number of hydrogen-bond acceptors (Lipinski definition) is 3. The molecule has 86 valence electrons. The first-order chi connectivity index (χ1) is 7.15. The van der Waals surface area contributed by atoms with E-state index in [0.29, 0.717) is 13.0 Å². The third kappa shape index (κ3) is 3.51. The third-order valence-corrected chi connectivity index (χ3v) is 2.64. The van der Waals surface area contributed by atoms with Gasteiger partial charge in [-0.2, -0.15) is 0 Å². The van der Waals surface area contributed by atoms with E-state index in [1.54, 1.807) is 6.92 Å². The molecule has 1 amide bonds. The third-order valence-electron chi connectivity index (χ3n) is 2.64. The molecule has 2 unspecified atom stereocenters. The molecule has 2 atom stereocenters. The second kappa shape index (κ2) is 5.70. The number of carboxylic acids is 1. The fourth-order valence-electron chi connectivity index (χ4n) is 1.70. The molecule has 1 rings (SSSR count). The van der Waals surface area contributed by atoms with Gasteiger partial charge >= 0.3 is 5.97 Å². The van der Waals surface area contributed by atoms with Crippen molar-refractivity contribution in [1.82, 2.24) is 10.6 Å². The van der Waals surface area contributed by atoms with Crippen molar-refractivity contribution in [3.05, 3.63) is 0 Å². The molecule has 1 aliphatic heterocycles. The van der Waals surface area contributed by atoms with Crippen molar-refractivity contribution in [2.24, 2.45) is 0 Å². The zero-order valence-electron chi connectivity index (χ0n) is 8.95. The summed E-state index contributed by atoms with van der Waals surface area (Å²) in [6, 6.07) is -0.979. The molecular formula is C10H18N2O3. The maximum Gasteiger partial charge on any atom is 0.320 e. The van der Waals surface area contributed by atoms with E-state index in [1.807, 2.05) is 0 Å². The number of amides is 1. The number of carbonyl (C=O) groups excluding carboxylic acids is 1. The zero-order valence-corrected chi connectivity index (χ0v) is 8.95. The Bertz CT molecular complexity index is 243. The van der Waals surface area contributed by atoms with Gasteiger partial charge in [0, 0.05) is 6.54 Å². The summed E-state index contributed by atoms with van der Waals surface area (Å²) in [7, 11) is 0. The molecule has 0 spiro atoms. The first-order valence-corrected chi connectivity index (χ1v) is 5.41. The highest BCUT2D eigenvalue weighted by Crippen LogP contribution is 2.07. The molecule has 1 saturated heterocycles. The quantitative estimate of drug-likeness (QED) is 0.620. The summed E-state index contributed by atoms with van der Waals surface area (Å²) in [5, 5.41) is 14.5. The fraction of sp³-hybridized carbons (Fsp3) is 0.800. The molecule has 1 aliphatic rings. The molecule has 15 heavy (non-hydrogen) atoms. The Hall–Kier alpha value is -1.10. The average Bonchev–Trinajstić information content (AvgIpc) is 2.39. The fourth-order valence-corrected chi connectivity index (χ4v) is 1.70. The summed E-state index contributed by atoms with van der Waals surface area (Å²) >= 11 is 0. The van der Waals surface area contributed by atoms with Gasteiger partial charge in [-0.3, -0.25) is 14.9 Å². The van der Waals surface area contributed by atoms with E-state index < -0.39 is 12.0 Å².